The molecule has 12 nitrogen and oxygen atoms in total. The summed E-state index contributed by atoms with van der Waals surface area (Å²) in [6.07, 6.45) is 47.4. The molecule has 0 spiro atoms. The molecule has 0 rings (SSSR count). The zero-order chi connectivity index (χ0) is 62.5. The normalized spacial score (nSPS) is 13.0. The van der Waals surface area contributed by atoms with Gasteiger partial charge in [-0.25, -0.2) is 28.5 Å². The highest BCUT2D eigenvalue weighted by atomic mass is 19.1. The molecule has 0 bridgehead atoms. The summed E-state index contributed by atoms with van der Waals surface area (Å²) in [7, 11) is 8.15. The molecule has 0 aliphatic rings. The lowest BCUT2D eigenvalue weighted by Gasteiger charge is -2.31. The molecule has 0 heterocycles. The van der Waals surface area contributed by atoms with Gasteiger partial charge in [-0.2, -0.15) is 0 Å². The van der Waals surface area contributed by atoms with Crippen LogP contribution >= 0.6 is 0 Å². The highest BCUT2D eigenvalue weighted by molar-refractivity contribution is 5.76. The third-order valence-corrected chi connectivity index (χ3v) is 16.2. The predicted molar refractivity (Wildman–Crippen MR) is 349 cm³/mol. The lowest BCUT2D eigenvalue weighted by atomic mass is 9.99. The fourth-order valence-electron chi connectivity index (χ4n) is 10.9. The Labute approximate surface area is 517 Å². The number of nitrogens with zero attached hydrogens (tertiary/aromatic N) is 4. The van der Waals surface area contributed by atoms with E-state index in [1.807, 2.05) is 28.2 Å². The largest absolute Gasteiger partial charge is 0.479 e. The second-order valence-electron chi connectivity index (χ2n) is 25.0. The van der Waals surface area contributed by atoms with Crippen LogP contribution in [-0.4, -0.2) is 134 Å². The first-order valence-corrected chi connectivity index (χ1v) is 35.6. The first-order valence-electron chi connectivity index (χ1n) is 35.6. The number of ether oxygens (including phenoxy) is 1. The molecule has 1 N–H and O–H groups in total. The third-order valence-electron chi connectivity index (χ3n) is 16.2. The number of rotatable bonds is 63. The number of hydroxylamine groups is 4. The highest BCUT2D eigenvalue weighted by Gasteiger charge is 2.27. The molecule has 0 aromatic carbocycles. The van der Waals surface area contributed by atoms with Crippen LogP contribution in [0.3, 0.4) is 0 Å². The Morgan fingerprint density at radius 1 is 0.357 bits per heavy atom. The second-order valence-corrected chi connectivity index (χ2v) is 25.0. The monoisotopic (exact) mass is 1200 g/mol. The number of aliphatic carboxylic acids is 1. The Morgan fingerprint density at radius 3 is 0.893 bits per heavy atom. The summed E-state index contributed by atoms with van der Waals surface area (Å²) in [4.78, 5) is 66.0. The van der Waals surface area contributed by atoms with Crippen molar-refractivity contribution in [1.29, 1.82) is 0 Å². The van der Waals surface area contributed by atoms with Gasteiger partial charge < -0.3 is 19.6 Å². The molecular weight excluding hydrogens is 1060 g/mol. The second kappa shape index (κ2) is 63.6. The van der Waals surface area contributed by atoms with E-state index in [0.717, 1.165) is 129 Å². The van der Waals surface area contributed by atoms with Gasteiger partial charge >= 0.3 is 11.9 Å². The lowest BCUT2D eigenvalue weighted by Crippen LogP contribution is -2.41. The van der Waals surface area contributed by atoms with E-state index in [4.69, 9.17) is 19.5 Å². The van der Waals surface area contributed by atoms with Crippen molar-refractivity contribution >= 4 is 23.8 Å². The molecule has 0 aliphatic carbocycles. The molecule has 0 aromatic heterocycles. The van der Waals surface area contributed by atoms with Crippen LogP contribution in [-0.2, 0) is 33.6 Å². The average Bonchev–Trinajstić information content (AvgIpc) is 3.50. The molecule has 4 unspecified atom stereocenters. The minimum absolute atomic E-state index is 0.0690. The van der Waals surface area contributed by atoms with Crippen LogP contribution in [0.2, 0.25) is 0 Å². The molecule has 0 saturated heterocycles. The van der Waals surface area contributed by atoms with E-state index in [-0.39, 0.29) is 43.3 Å². The number of carbonyl (C=O) groups excluding carboxylic acids is 3. The van der Waals surface area contributed by atoms with Gasteiger partial charge in [-0.1, -0.05) is 246 Å². The van der Waals surface area contributed by atoms with Crippen molar-refractivity contribution in [1.82, 2.24) is 19.9 Å². The Morgan fingerprint density at radius 2 is 0.619 bits per heavy atom. The topological polar surface area (TPSA) is 129 Å². The van der Waals surface area contributed by atoms with E-state index in [2.05, 4.69) is 37.5 Å². The Hall–Kier alpha value is -2.42. The van der Waals surface area contributed by atoms with Crippen LogP contribution in [0.15, 0.2) is 0 Å². The van der Waals surface area contributed by atoms with E-state index in [9.17, 15) is 28.0 Å². The molecule has 0 radical (unpaired) electrons. The van der Waals surface area contributed by atoms with E-state index in [0.29, 0.717) is 38.9 Å². The number of carboxylic acids is 1. The number of unbranched alkanes of at least 4 members (excludes halogenated alkanes) is 32. The maximum atomic E-state index is 14.0. The highest BCUT2D eigenvalue weighted by Crippen LogP contribution is 2.24. The van der Waals surface area contributed by atoms with E-state index in [1.54, 1.807) is 17.1 Å². The van der Waals surface area contributed by atoms with Gasteiger partial charge in [-0.3, -0.25) is 19.3 Å². The maximum Gasteiger partial charge on any atom is 0.340 e. The standard InChI is InChI=1S/C36H71FN2O4.C34H67FN2O4/c1-6-9-11-13-15-17-21-25-32-43-39(35(40)30-26-31-38(4)5)33(27-22-18-16-14-12-10-7-2)28-23-19-20-24-29-34(37)36(41)42-8-3;1-5-7-9-11-13-15-19-23-30-41-37(33(38)28-24-29-36(3)4)31(25-20-16-14-12-10-8-6-2)26-21-17-18-22-27-32(35)34(39)40/h33-34H,6-32H2,1-5H3;31-32H,5-30H2,1-4H3,(H,39,40). The van der Waals surface area contributed by atoms with Gasteiger partial charge in [-0.05, 0) is 125 Å². The predicted octanol–water partition coefficient (Wildman–Crippen LogP) is 19.5. The molecule has 0 saturated carbocycles. The molecule has 14 heteroatoms. The van der Waals surface area contributed by atoms with Crippen molar-refractivity contribution < 1.29 is 47.5 Å². The van der Waals surface area contributed by atoms with Gasteiger partial charge in [-0.15, -0.1) is 0 Å². The third kappa shape index (κ3) is 54.9. The molecule has 0 aromatic rings. The number of amides is 2. The van der Waals surface area contributed by atoms with Crippen LogP contribution in [0.5, 0.6) is 0 Å². The van der Waals surface area contributed by atoms with Gasteiger partial charge in [0.1, 0.15) is 0 Å². The first-order chi connectivity index (χ1) is 40.7. The summed E-state index contributed by atoms with van der Waals surface area (Å²) in [5, 5.41) is 12.3. The van der Waals surface area contributed by atoms with Crippen LogP contribution in [0.1, 0.15) is 343 Å². The van der Waals surface area contributed by atoms with Crippen molar-refractivity contribution in [2.24, 2.45) is 0 Å². The smallest absolute Gasteiger partial charge is 0.340 e. The molecule has 84 heavy (non-hydrogen) atoms. The van der Waals surface area contributed by atoms with Crippen LogP contribution in [0, 0.1) is 0 Å². The van der Waals surface area contributed by atoms with Crippen LogP contribution < -0.4 is 0 Å². The van der Waals surface area contributed by atoms with E-state index >= 15 is 0 Å². The van der Waals surface area contributed by atoms with Crippen LogP contribution in [0.4, 0.5) is 8.78 Å². The summed E-state index contributed by atoms with van der Waals surface area (Å²) in [5.74, 6) is -1.89. The van der Waals surface area contributed by atoms with Gasteiger partial charge in [0.05, 0.1) is 31.9 Å². The lowest BCUT2D eigenvalue weighted by molar-refractivity contribution is -0.203. The number of hydrogen-bond donors (Lipinski definition) is 1. The number of carbonyl (C=O) groups is 4. The summed E-state index contributed by atoms with van der Waals surface area (Å²) in [5.41, 5.74) is 0. The maximum absolute atomic E-state index is 14.0. The number of esters is 1. The fourth-order valence-corrected chi connectivity index (χ4v) is 10.9. The Kier molecular flexibility index (Phi) is 63.3. The fraction of sp³-hybridized carbons (Fsp3) is 0.943. The number of hydrogen-bond acceptors (Lipinski definition) is 9. The van der Waals surface area contributed by atoms with Crippen molar-refractivity contribution in [3.8, 4) is 0 Å². The van der Waals surface area contributed by atoms with E-state index < -0.39 is 24.3 Å². The number of carboxylic acid groups (broad SMARTS) is 1. The summed E-state index contributed by atoms with van der Waals surface area (Å²) in [6.45, 7) is 13.9. The Bertz CT molecular complexity index is 1450. The van der Waals surface area contributed by atoms with Gasteiger partial charge in [0.15, 0.2) is 12.3 Å². The quantitative estimate of drug-likeness (QED) is 0.0357. The molecular formula is C70H138F2N4O8. The van der Waals surface area contributed by atoms with E-state index in [1.165, 1.54) is 154 Å². The van der Waals surface area contributed by atoms with Gasteiger partial charge in [0.25, 0.3) is 0 Å². The number of alkyl halides is 2. The molecule has 500 valence electrons. The minimum atomic E-state index is -1.76. The summed E-state index contributed by atoms with van der Waals surface area (Å²) < 4.78 is 32.1. The molecule has 0 aliphatic heterocycles. The van der Waals surface area contributed by atoms with Crippen LogP contribution in [0.25, 0.3) is 0 Å². The molecule has 4 atom stereocenters. The Balaban J connectivity index is 0. The number of halogens is 2. The zero-order valence-electron chi connectivity index (χ0n) is 56.6. The zero-order valence-corrected chi connectivity index (χ0v) is 56.6. The van der Waals surface area contributed by atoms with Crippen molar-refractivity contribution in [3.63, 3.8) is 0 Å². The molecule has 2 amide bonds. The van der Waals surface area contributed by atoms with Gasteiger partial charge in [0.2, 0.25) is 11.8 Å². The first kappa shape index (κ1) is 83.6. The summed E-state index contributed by atoms with van der Waals surface area (Å²) in [6, 6.07) is 0.157. The molecule has 0 fully saturated rings. The van der Waals surface area contributed by atoms with Gasteiger partial charge in [0, 0.05) is 12.8 Å². The SMILES string of the molecule is CCCCCCCCCCON(C(=O)CCCN(C)C)C(CCCCCCCCC)CCCCCCC(F)C(=O)O.CCCCCCCCCCON(C(=O)CCCN(C)C)C(CCCCCCCCC)CCCCCCC(F)C(=O)OCC. The van der Waals surface area contributed by atoms with Crippen molar-refractivity contribution in [2.75, 3.05) is 61.1 Å². The minimum Gasteiger partial charge on any atom is -0.479 e. The summed E-state index contributed by atoms with van der Waals surface area (Å²) >= 11 is 0. The van der Waals surface area contributed by atoms with Crippen molar-refractivity contribution in [2.45, 2.75) is 367 Å². The van der Waals surface area contributed by atoms with Crippen molar-refractivity contribution in [3.05, 3.63) is 0 Å². The average molecular weight is 1200 g/mol.